The highest BCUT2D eigenvalue weighted by Crippen LogP contribution is 2.14. The van der Waals surface area contributed by atoms with E-state index in [0.29, 0.717) is 24.4 Å². The number of carbonyl (C=O) groups is 1. The van der Waals surface area contributed by atoms with Crippen LogP contribution in [0.3, 0.4) is 0 Å². The van der Waals surface area contributed by atoms with Crippen molar-refractivity contribution in [2.45, 2.75) is 0 Å². The molecular weight excluding hydrogens is 206 g/mol. The molecule has 1 aromatic carbocycles. The first-order chi connectivity index (χ1) is 7.65. The standard InChI is InChI=1S/C11H17N3O2/c1-14(2)7-8-16-11(15)9-5-3-4-6-10(9)13-12/h3-6,13H,7-8,12H2,1-2H3. The predicted octanol–water partition coefficient (Wildman–Crippen LogP) is 0.691. The van der Waals surface area contributed by atoms with Crippen molar-refractivity contribution in [3.05, 3.63) is 29.8 Å². The molecule has 0 atom stereocenters. The first-order valence-corrected chi connectivity index (χ1v) is 5.02. The number of nitrogen functional groups attached to an aromatic ring is 1. The Labute approximate surface area is 95.2 Å². The van der Waals surface area contributed by atoms with E-state index in [9.17, 15) is 4.79 Å². The lowest BCUT2D eigenvalue weighted by molar-refractivity contribution is 0.0483. The van der Waals surface area contributed by atoms with Gasteiger partial charge in [0, 0.05) is 6.54 Å². The molecule has 0 aliphatic carbocycles. The molecule has 0 saturated heterocycles. The molecule has 5 nitrogen and oxygen atoms in total. The number of hydrazine groups is 1. The van der Waals surface area contributed by atoms with Gasteiger partial charge < -0.3 is 15.1 Å². The average molecular weight is 223 g/mol. The van der Waals surface area contributed by atoms with E-state index in [-0.39, 0.29) is 5.97 Å². The van der Waals surface area contributed by atoms with Gasteiger partial charge in [-0.05, 0) is 26.2 Å². The minimum atomic E-state index is -0.365. The number of nitrogens with zero attached hydrogens (tertiary/aromatic N) is 1. The van der Waals surface area contributed by atoms with Gasteiger partial charge in [0.05, 0.1) is 11.3 Å². The van der Waals surface area contributed by atoms with Gasteiger partial charge in [0.25, 0.3) is 0 Å². The number of para-hydroxylation sites is 1. The second-order valence-electron chi connectivity index (χ2n) is 3.63. The summed E-state index contributed by atoms with van der Waals surface area (Å²) < 4.78 is 5.11. The van der Waals surface area contributed by atoms with Crippen molar-refractivity contribution in [1.29, 1.82) is 0 Å². The Morgan fingerprint density at radius 2 is 2.12 bits per heavy atom. The van der Waals surface area contributed by atoms with Crippen LogP contribution in [0.4, 0.5) is 5.69 Å². The van der Waals surface area contributed by atoms with Gasteiger partial charge in [-0.1, -0.05) is 12.1 Å². The summed E-state index contributed by atoms with van der Waals surface area (Å²) in [6, 6.07) is 6.96. The fraction of sp³-hybridized carbons (Fsp3) is 0.364. The van der Waals surface area contributed by atoms with Gasteiger partial charge in [0.1, 0.15) is 6.61 Å². The SMILES string of the molecule is CN(C)CCOC(=O)c1ccccc1NN. The van der Waals surface area contributed by atoms with E-state index in [2.05, 4.69) is 5.43 Å². The van der Waals surface area contributed by atoms with Crippen LogP contribution in [-0.2, 0) is 4.74 Å². The molecule has 0 aromatic heterocycles. The van der Waals surface area contributed by atoms with Crippen molar-refractivity contribution in [2.24, 2.45) is 5.84 Å². The van der Waals surface area contributed by atoms with Crippen LogP contribution in [0, 0.1) is 0 Å². The number of ether oxygens (including phenoxy) is 1. The van der Waals surface area contributed by atoms with E-state index >= 15 is 0 Å². The number of esters is 1. The summed E-state index contributed by atoms with van der Waals surface area (Å²) in [7, 11) is 3.84. The normalized spacial score (nSPS) is 10.2. The summed E-state index contributed by atoms with van der Waals surface area (Å²) in [5.41, 5.74) is 3.48. The maximum absolute atomic E-state index is 11.7. The summed E-state index contributed by atoms with van der Waals surface area (Å²) in [4.78, 5) is 13.6. The maximum atomic E-state index is 11.7. The summed E-state index contributed by atoms with van der Waals surface area (Å²) >= 11 is 0. The van der Waals surface area contributed by atoms with E-state index in [4.69, 9.17) is 10.6 Å². The zero-order valence-corrected chi connectivity index (χ0v) is 9.56. The Hall–Kier alpha value is -1.59. The molecule has 0 saturated carbocycles. The average Bonchev–Trinajstić information content (AvgIpc) is 2.28. The zero-order valence-electron chi connectivity index (χ0n) is 9.56. The van der Waals surface area contributed by atoms with Gasteiger partial charge >= 0.3 is 5.97 Å². The monoisotopic (exact) mass is 223 g/mol. The van der Waals surface area contributed by atoms with Crippen molar-refractivity contribution >= 4 is 11.7 Å². The molecule has 0 aliphatic rings. The number of likely N-dealkylation sites (N-methyl/N-ethyl adjacent to an activating group) is 1. The number of carbonyl (C=O) groups excluding carboxylic acids is 1. The second-order valence-corrected chi connectivity index (χ2v) is 3.63. The number of nitrogens with two attached hydrogens (primary N) is 1. The number of hydrogen-bond acceptors (Lipinski definition) is 5. The molecule has 0 aliphatic heterocycles. The Balaban J connectivity index is 2.59. The first kappa shape index (κ1) is 12.5. The third-order valence-electron chi connectivity index (χ3n) is 2.07. The molecule has 0 bridgehead atoms. The predicted molar refractivity (Wildman–Crippen MR) is 63.1 cm³/mol. The summed E-state index contributed by atoms with van der Waals surface area (Å²) in [5, 5.41) is 0. The topological polar surface area (TPSA) is 67.6 Å². The lowest BCUT2D eigenvalue weighted by Crippen LogP contribution is -2.21. The molecule has 0 fully saturated rings. The summed E-state index contributed by atoms with van der Waals surface area (Å²) in [6.45, 7) is 1.06. The fourth-order valence-corrected chi connectivity index (χ4v) is 1.19. The number of rotatable bonds is 5. The Kier molecular flexibility index (Phi) is 4.75. The van der Waals surface area contributed by atoms with E-state index < -0.39 is 0 Å². The van der Waals surface area contributed by atoms with E-state index in [1.807, 2.05) is 19.0 Å². The highest BCUT2D eigenvalue weighted by atomic mass is 16.5. The van der Waals surface area contributed by atoms with Gasteiger partial charge in [-0.3, -0.25) is 5.84 Å². The molecule has 3 N–H and O–H groups in total. The number of nitrogens with one attached hydrogen (secondary N) is 1. The minimum Gasteiger partial charge on any atom is -0.461 e. The van der Waals surface area contributed by atoms with Crippen molar-refractivity contribution in [2.75, 3.05) is 32.7 Å². The van der Waals surface area contributed by atoms with Crippen molar-refractivity contribution < 1.29 is 9.53 Å². The zero-order chi connectivity index (χ0) is 12.0. The second kappa shape index (κ2) is 6.09. The van der Waals surface area contributed by atoms with Crippen molar-refractivity contribution in [3.63, 3.8) is 0 Å². The van der Waals surface area contributed by atoms with Crippen LogP contribution in [0.5, 0.6) is 0 Å². The van der Waals surface area contributed by atoms with Gasteiger partial charge in [0.15, 0.2) is 0 Å². The molecule has 5 heteroatoms. The Morgan fingerprint density at radius 3 is 2.75 bits per heavy atom. The van der Waals surface area contributed by atoms with E-state index in [1.54, 1.807) is 24.3 Å². The van der Waals surface area contributed by atoms with Crippen LogP contribution in [0.1, 0.15) is 10.4 Å². The summed E-state index contributed by atoms with van der Waals surface area (Å²) in [5.74, 6) is 4.93. The molecular formula is C11H17N3O2. The molecule has 88 valence electrons. The quantitative estimate of drug-likeness (QED) is 0.437. The van der Waals surface area contributed by atoms with E-state index in [1.165, 1.54) is 0 Å². The van der Waals surface area contributed by atoms with Crippen LogP contribution in [0.25, 0.3) is 0 Å². The Morgan fingerprint density at radius 1 is 1.44 bits per heavy atom. The molecule has 1 aromatic rings. The molecule has 16 heavy (non-hydrogen) atoms. The molecule has 0 amide bonds. The highest BCUT2D eigenvalue weighted by Gasteiger charge is 2.11. The third kappa shape index (κ3) is 3.52. The minimum absolute atomic E-state index is 0.365. The van der Waals surface area contributed by atoms with Crippen LogP contribution >= 0.6 is 0 Å². The largest absolute Gasteiger partial charge is 0.461 e. The molecule has 0 radical (unpaired) electrons. The lowest BCUT2D eigenvalue weighted by Gasteiger charge is -2.11. The number of anilines is 1. The van der Waals surface area contributed by atoms with Gasteiger partial charge in [-0.2, -0.15) is 0 Å². The van der Waals surface area contributed by atoms with Crippen molar-refractivity contribution in [1.82, 2.24) is 4.90 Å². The van der Waals surface area contributed by atoms with Gasteiger partial charge in [-0.15, -0.1) is 0 Å². The maximum Gasteiger partial charge on any atom is 0.340 e. The lowest BCUT2D eigenvalue weighted by atomic mass is 10.2. The van der Waals surface area contributed by atoms with E-state index in [0.717, 1.165) is 0 Å². The van der Waals surface area contributed by atoms with Gasteiger partial charge in [0.2, 0.25) is 0 Å². The van der Waals surface area contributed by atoms with Gasteiger partial charge in [-0.25, -0.2) is 4.79 Å². The fourth-order valence-electron chi connectivity index (χ4n) is 1.19. The first-order valence-electron chi connectivity index (χ1n) is 5.02. The third-order valence-corrected chi connectivity index (χ3v) is 2.07. The Bertz CT molecular complexity index is 353. The smallest absolute Gasteiger partial charge is 0.340 e. The van der Waals surface area contributed by atoms with Crippen LogP contribution in [0.2, 0.25) is 0 Å². The number of benzene rings is 1. The highest BCUT2D eigenvalue weighted by molar-refractivity contribution is 5.95. The summed E-state index contributed by atoms with van der Waals surface area (Å²) in [6.07, 6.45) is 0. The van der Waals surface area contributed by atoms with Crippen LogP contribution in [0.15, 0.2) is 24.3 Å². The molecule has 1 rings (SSSR count). The molecule has 0 heterocycles. The number of hydrogen-bond donors (Lipinski definition) is 2. The van der Waals surface area contributed by atoms with Crippen LogP contribution < -0.4 is 11.3 Å². The van der Waals surface area contributed by atoms with Crippen molar-refractivity contribution in [3.8, 4) is 0 Å². The molecule has 0 spiro atoms. The van der Waals surface area contributed by atoms with Crippen LogP contribution in [-0.4, -0.2) is 38.1 Å². The molecule has 0 unspecified atom stereocenters.